The Morgan fingerprint density at radius 2 is 2.00 bits per heavy atom. The van der Waals surface area contributed by atoms with Crippen LogP contribution in [0, 0.1) is 5.82 Å². The molecule has 20 heavy (non-hydrogen) atoms. The Morgan fingerprint density at radius 3 is 2.65 bits per heavy atom. The average Bonchev–Trinajstić information content (AvgIpc) is 2.37. The molecule has 0 radical (unpaired) electrons. The number of carbonyl (C=O) groups excluding carboxylic acids is 3. The molecular formula is C14H15FN2O3. The maximum Gasteiger partial charge on any atom is 0.252 e. The van der Waals surface area contributed by atoms with Crippen molar-refractivity contribution in [1.82, 2.24) is 10.2 Å². The molecule has 0 bridgehead atoms. The van der Waals surface area contributed by atoms with Gasteiger partial charge >= 0.3 is 0 Å². The third-order valence-corrected chi connectivity index (χ3v) is 3.39. The van der Waals surface area contributed by atoms with Gasteiger partial charge in [0.2, 0.25) is 11.8 Å². The van der Waals surface area contributed by atoms with Crippen LogP contribution in [0.25, 0.3) is 0 Å². The number of rotatable bonds is 2. The number of benzene rings is 1. The summed E-state index contributed by atoms with van der Waals surface area (Å²) in [5, 5.41) is 2.18. The summed E-state index contributed by atoms with van der Waals surface area (Å²) >= 11 is 0. The Balaban J connectivity index is 2.22. The van der Waals surface area contributed by atoms with Crippen LogP contribution in [0.15, 0.2) is 24.3 Å². The molecule has 0 saturated carbocycles. The van der Waals surface area contributed by atoms with Gasteiger partial charge in [0.05, 0.1) is 6.42 Å². The van der Waals surface area contributed by atoms with Crippen molar-refractivity contribution >= 4 is 17.7 Å². The minimum atomic E-state index is -1.13. The van der Waals surface area contributed by atoms with E-state index >= 15 is 0 Å². The van der Waals surface area contributed by atoms with Gasteiger partial charge in [-0.2, -0.15) is 0 Å². The van der Waals surface area contributed by atoms with Crippen LogP contribution in [-0.4, -0.2) is 34.7 Å². The standard InChI is InChI=1S/C14H15FN2O3/c1-14(2)13(20)16-11(18)8-17(14)12(19)7-9-5-3-4-6-10(9)15/h3-6H,7-8H2,1-2H3,(H,16,18,20). The lowest BCUT2D eigenvalue weighted by molar-refractivity contribution is -0.155. The van der Waals surface area contributed by atoms with Crippen LogP contribution in [0.5, 0.6) is 0 Å². The number of halogens is 1. The number of amides is 3. The molecule has 2 rings (SSSR count). The summed E-state index contributed by atoms with van der Waals surface area (Å²) in [4.78, 5) is 36.6. The lowest BCUT2D eigenvalue weighted by atomic mass is 9.97. The van der Waals surface area contributed by atoms with Crippen LogP contribution in [0.2, 0.25) is 0 Å². The van der Waals surface area contributed by atoms with Crippen LogP contribution in [0.1, 0.15) is 19.4 Å². The zero-order chi connectivity index (χ0) is 14.9. The summed E-state index contributed by atoms with van der Waals surface area (Å²) in [6, 6.07) is 5.93. The fraction of sp³-hybridized carbons (Fsp3) is 0.357. The maximum atomic E-state index is 13.5. The molecular weight excluding hydrogens is 263 g/mol. The lowest BCUT2D eigenvalue weighted by Gasteiger charge is -2.40. The second kappa shape index (κ2) is 5.03. The number of nitrogens with zero attached hydrogens (tertiary/aromatic N) is 1. The number of carbonyl (C=O) groups is 3. The minimum Gasteiger partial charge on any atom is -0.319 e. The molecule has 1 saturated heterocycles. The predicted molar refractivity (Wildman–Crippen MR) is 69.0 cm³/mol. The fourth-order valence-electron chi connectivity index (χ4n) is 2.08. The van der Waals surface area contributed by atoms with E-state index in [0.717, 1.165) is 0 Å². The summed E-state index contributed by atoms with van der Waals surface area (Å²) in [5.74, 6) is -2.00. The molecule has 0 atom stereocenters. The molecule has 1 aliphatic rings. The van der Waals surface area contributed by atoms with Gasteiger partial charge < -0.3 is 4.90 Å². The molecule has 1 aromatic carbocycles. The second-order valence-electron chi connectivity index (χ2n) is 5.18. The van der Waals surface area contributed by atoms with Gasteiger partial charge in [-0.25, -0.2) is 4.39 Å². The Labute approximate surface area is 115 Å². The van der Waals surface area contributed by atoms with Gasteiger partial charge in [0.1, 0.15) is 17.9 Å². The van der Waals surface area contributed by atoms with Gasteiger partial charge in [-0.3, -0.25) is 19.7 Å². The molecule has 1 aromatic rings. The van der Waals surface area contributed by atoms with E-state index < -0.39 is 29.1 Å². The molecule has 0 spiro atoms. The molecule has 106 valence electrons. The first-order valence-corrected chi connectivity index (χ1v) is 6.20. The Kier molecular flexibility index (Phi) is 3.57. The van der Waals surface area contributed by atoms with Gasteiger partial charge in [0, 0.05) is 0 Å². The third kappa shape index (κ3) is 2.54. The first-order chi connectivity index (χ1) is 9.32. The van der Waals surface area contributed by atoms with Gasteiger partial charge in [-0.1, -0.05) is 18.2 Å². The van der Waals surface area contributed by atoms with Gasteiger partial charge in [0.25, 0.3) is 5.91 Å². The number of hydrogen-bond acceptors (Lipinski definition) is 3. The molecule has 1 aliphatic heterocycles. The predicted octanol–water partition coefficient (Wildman–Crippen LogP) is 0.632. The molecule has 1 heterocycles. The number of imide groups is 1. The van der Waals surface area contributed by atoms with Crippen LogP contribution in [-0.2, 0) is 20.8 Å². The van der Waals surface area contributed by atoms with Crippen molar-refractivity contribution in [2.24, 2.45) is 0 Å². The maximum absolute atomic E-state index is 13.5. The van der Waals surface area contributed by atoms with E-state index in [1.807, 2.05) is 0 Å². The van der Waals surface area contributed by atoms with Crippen LogP contribution in [0.4, 0.5) is 4.39 Å². The summed E-state index contributed by atoms with van der Waals surface area (Å²) in [6.45, 7) is 2.90. The quantitative estimate of drug-likeness (QED) is 0.807. The Hall–Kier alpha value is -2.24. The molecule has 5 nitrogen and oxygen atoms in total. The second-order valence-corrected chi connectivity index (χ2v) is 5.18. The largest absolute Gasteiger partial charge is 0.319 e. The van der Waals surface area contributed by atoms with Crippen molar-refractivity contribution in [3.8, 4) is 0 Å². The molecule has 0 aliphatic carbocycles. The first kappa shape index (κ1) is 14.2. The van der Waals surface area contributed by atoms with Crippen molar-refractivity contribution in [3.63, 3.8) is 0 Å². The normalized spacial score (nSPS) is 17.9. The minimum absolute atomic E-state index is 0.184. The van der Waals surface area contributed by atoms with E-state index in [1.54, 1.807) is 19.9 Å². The number of piperazine rings is 1. The Bertz CT molecular complexity index is 584. The first-order valence-electron chi connectivity index (χ1n) is 6.20. The summed E-state index contributed by atoms with van der Waals surface area (Å²) in [5.41, 5.74) is -0.886. The zero-order valence-electron chi connectivity index (χ0n) is 11.3. The van der Waals surface area contributed by atoms with E-state index in [1.165, 1.54) is 23.1 Å². The van der Waals surface area contributed by atoms with Crippen molar-refractivity contribution < 1.29 is 18.8 Å². The van der Waals surface area contributed by atoms with Crippen LogP contribution < -0.4 is 5.32 Å². The molecule has 1 N–H and O–H groups in total. The van der Waals surface area contributed by atoms with Crippen molar-refractivity contribution in [2.45, 2.75) is 25.8 Å². The highest BCUT2D eigenvalue weighted by atomic mass is 19.1. The SMILES string of the molecule is CC1(C)C(=O)NC(=O)CN1C(=O)Cc1ccccc1F. The van der Waals surface area contributed by atoms with E-state index in [9.17, 15) is 18.8 Å². The summed E-state index contributed by atoms with van der Waals surface area (Å²) in [6.07, 6.45) is -0.184. The topological polar surface area (TPSA) is 66.5 Å². The molecule has 6 heteroatoms. The van der Waals surface area contributed by atoms with E-state index in [2.05, 4.69) is 5.32 Å². The fourth-order valence-corrected chi connectivity index (χ4v) is 2.08. The number of hydrogen-bond donors (Lipinski definition) is 1. The summed E-state index contributed by atoms with van der Waals surface area (Å²) in [7, 11) is 0. The van der Waals surface area contributed by atoms with E-state index in [4.69, 9.17) is 0 Å². The smallest absolute Gasteiger partial charge is 0.252 e. The zero-order valence-corrected chi connectivity index (χ0v) is 11.3. The van der Waals surface area contributed by atoms with E-state index in [0.29, 0.717) is 0 Å². The summed E-state index contributed by atoms with van der Waals surface area (Å²) < 4.78 is 13.5. The monoisotopic (exact) mass is 278 g/mol. The van der Waals surface area contributed by atoms with E-state index in [-0.39, 0.29) is 18.5 Å². The van der Waals surface area contributed by atoms with Crippen molar-refractivity contribution in [2.75, 3.05) is 6.54 Å². The van der Waals surface area contributed by atoms with Crippen molar-refractivity contribution in [3.05, 3.63) is 35.6 Å². The molecule has 0 unspecified atom stereocenters. The van der Waals surface area contributed by atoms with Gasteiger partial charge in [-0.05, 0) is 25.5 Å². The Morgan fingerprint density at radius 1 is 1.35 bits per heavy atom. The molecule has 3 amide bonds. The third-order valence-electron chi connectivity index (χ3n) is 3.39. The van der Waals surface area contributed by atoms with Gasteiger partial charge in [0.15, 0.2) is 0 Å². The molecule has 1 fully saturated rings. The van der Waals surface area contributed by atoms with Crippen molar-refractivity contribution in [1.29, 1.82) is 0 Å². The highest BCUT2D eigenvalue weighted by molar-refractivity contribution is 6.06. The van der Waals surface area contributed by atoms with Crippen LogP contribution in [0.3, 0.4) is 0 Å². The highest BCUT2D eigenvalue weighted by Gasteiger charge is 2.43. The van der Waals surface area contributed by atoms with Gasteiger partial charge in [-0.15, -0.1) is 0 Å². The highest BCUT2D eigenvalue weighted by Crippen LogP contribution is 2.20. The van der Waals surface area contributed by atoms with Crippen LogP contribution >= 0.6 is 0 Å². The lowest BCUT2D eigenvalue weighted by Crippen LogP contribution is -2.65. The number of nitrogens with one attached hydrogen (secondary N) is 1. The average molecular weight is 278 g/mol. The molecule has 0 aromatic heterocycles.